The summed E-state index contributed by atoms with van der Waals surface area (Å²) in [4.78, 5) is 22.1. The first kappa shape index (κ1) is 13.8. The highest BCUT2D eigenvalue weighted by atomic mass is 16.6. The quantitative estimate of drug-likeness (QED) is 0.627. The predicted molar refractivity (Wildman–Crippen MR) is 62.2 cm³/mol. The van der Waals surface area contributed by atoms with Crippen LogP contribution in [0.5, 0.6) is 17.2 Å². The number of benzene rings is 1. The van der Waals surface area contributed by atoms with Gasteiger partial charge in [0.15, 0.2) is 12.4 Å². The summed E-state index contributed by atoms with van der Waals surface area (Å²) >= 11 is 0. The van der Waals surface area contributed by atoms with Crippen LogP contribution in [-0.4, -0.2) is 37.7 Å². The lowest BCUT2D eigenvalue weighted by atomic mass is 10.2. The van der Waals surface area contributed by atoms with E-state index in [2.05, 4.69) is 4.74 Å². The number of carbonyl (C=O) groups is 2. The molecule has 6 heteroatoms. The molecule has 0 aromatic heterocycles. The number of esters is 1. The van der Waals surface area contributed by atoms with E-state index in [1.54, 1.807) is 0 Å². The Bertz CT molecular complexity index is 454. The minimum atomic E-state index is -0.903. The van der Waals surface area contributed by atoms with Gasteiger partial charge in [0.1, 0.15) is 17.2 Å². The number of hydrogen-bond donors (Lipinski definition) is 1. The number of phenols is 1. The average Bonchev–Trinajstić information content (AvgIpc) is 2.37. The van der Waals surface area contributed by atoms with E-state index in [-0.39, 0.29) is 17.1 Å². The van der Waals surface area contributed by atoms with Crippen molar-refractivity contribution in [3.8, 4) is 17.2 Å². The van der Waals surface area contributed by atoms with Crippen LogP contribution in [0.1, 0.15) is 17.3 Å². The smallest absolute Gasteiger partial charge is 0.346 e. The molecule has 0 amide bonds. The molecule has 1 rings (SSSR count). The summed E-state index contributed by atoms with van der Waals surface area (Å²) in [7, 11) is 2.63. The van der Waals surface area contributed by atoms with Crippen molar-refractivity contribution in [2.24, 2.45) is 0 Å². The predicted octanol–water partition coefficient (Wildman–Crippen LogP) is 1.15. The second kappa shape index (κ2) is 5.90. The van der Waals surface area contributed by atoms with Crippen LogP contribution in [0.15, 0.2) is 12.1 Å². The number of rotatable bonds is 5. The minimum Gasteiger partial charge on any atom is -0.507 e. The molecule has 0 saturated carbocycles. The van der Waals surface area contributed by atoms with Crippen LogP contribution >= 0.6 is 0 Å². The molecular weight excluding hydrogens is 240 g/mol. The first-order valence-corrected chi connectivity index (χ1v) is 5.14. The zero-order valence-corrected chi connectivity index (χ0v) is 10.3. The molecule has 1 N–H and O–H groups in total. The molecule has 0 aliphatic rings. The highest BCUT2D eigenvalue weighted by molar-refractivity contribution is 5.84. The van der Waals surface area contributed by atoms with Gasteiger partial charge in [-0.05, 0) is 6.92 Å². The maximum atomic E-state index is 11.2. The van der Waals surface area contributed by atoms with Crippen LogP contribution in [-0.2, 0) is 9.53 Å². The van der Waals surface area contributed by atoms with Crippen LogP contribution in [0.3, 0.4) is 0 Å². The van der Waals surface area contributed by atoms with E-state index in [0.717, 1.165) is 0 Å². The summed E-state index contributed by atoms with van der Waals surface area (Å²) in [5, 5.41) is 9.60. The van der Waals surface area contributed by atoms with Crippen molar-refractivity contribution in [1.29, 1.82) is 0 Å². The van der Waals surface area contributed by atoms with Crippen LogP contribution in [0.25, 0.3) is 0 Å². The summed E-state index contributed by atoms with van der Waals surface area (Å²) < 4.78 is 14.7. The molecular formula is C12H14O6. The van der Waals surface area contributed by atoms with E-state index < -0.39 is 12.1 Å². The Labute approximate surface area is 104 Å². The Morgan fingerprint density at radius 2 is 2.06 bits per heavy atom. The van der Waals surface area contributed by atoms with Gasteiger partial charge in [0.2, 0.25) is 0 Å². The standard InChI is InChI=1S/C12H14O6/c1-7(12(15)17-3)18-11-5-8(16-2)4-10(14)9(11)6-13/h4-7,14H,1-3H3. The summed E-state index contributed by atoms with van der Waals surface area (Å²) in [6.45, 7) is 1.47. The molecule has 0 heterocycles. The number of ether oxygens (including phenoxy) is 3. The Kier molecular flexibility index (Phi) is 4.53. The second-order valence-corrected chi connectivity index (χ2v) is 3.46. The average molecular weight is 254 g/mol. The van der Waals surface area contributed by atoms with Crippen molar-refractivity contribution >= 4 is 12.3 Å². The number of aromatic hydroxyl groups is 1. The zero-order valence-electron chi connectivity index (χ0n) is 10.3. The highest BCUT2D eigenvalue weighted by Gasteiger charge is 2.19. The third-order valence-electron chi connectivity index (χ3n) is 2.28. The molecule has 1 unspecified atom stereocenters. The van der Waals surface area contributed by atoms with Crippen molar-refractivity contribution in [3.05, 3.63) is 17.7 Å². The highest BCUT2D eigenvalue weighted by Crippen LogP contribution is 2.32. The lowest BCUT2D eigenvalue weighted by Gasteiger charge is -2.15. The molecule has 1 aromatic rings. The summed E-state index contributed by atoms with van der Waals surface area (Å²) in [5.74, 6) is -0.504. The lowest BCUT2D eigenvalue weighted by molar-refractivity contribution is -0.147. The third-order valence-corrected chi connectivity index (χ3v) is 2.28. The Morgan fingerprint density at radius 3 is 2.56 bits per heavy atom. The Morgan fingerprint density at radius 1 is 1.39 bits per heavy atom. The molecule has 0 saturated heterocycles. The molecule has 1 atom stereocenters. The van der Waals surface area contributed by atoms with Crippen LogP contribution in [0.2, 0.25) is 0 Å². The van der Waals surface area contributed by atoms with Crippen molar-refractivity contribution in [2.75, 3.05) is 14.2 Å². The van der Waals surface area contributed by atoms with Gasteiger partial charge in [-0.1, -0.05) is 0 Å². The first-order valence-electron chi connectivity index (χ1n) is 5.14. The van der Waals surface area contributed by atoms with Crippen LogP contribution in [0, 0.1) is 0 Å². The van der Waals surface area contributed by atoms with Gasteiger partial charge in [0.05, 0.1) is 19.8 Å². The Hall–Kier alpha value is -2.24. The van der Waals surface area contributed by atoms with Gasteiger partial charge >= 0.3 is 5.97 Å². The van der Waals surface area contributed by atoms with E-state index >= 15 is 0 Å². The van der Waals surface area contributed by atoms with Crippen LogP contribution in [0.4, 0.5) is 0 Å². The fraction of sp³-hybridized carbons (Fsp3) is 0.333. The summed E-state index contributed by atoms with van der Waals surface area (Å²) in [6.07, 6.45) is -0.464. The maximum absolute atomic E-state index is 11.2. The molecule has 0 aliphatic carbocycles. The third kappa shape index (κ3) is 2.91. The molecule has 0 aliphatic heterocycles. The van der Waals surface area contributed by atoms with E-state index in [1.165, 1.54) is 33.3 Å². The van der Waals surface area contributed by atoms with Crippen molar-refractivity contribution in [3.63, 3.8) is 0 Å². The number of carbonyl (C=O) groups excluding carboxylic acids is 2. The monoisotopic (exact) mass is 254 g/mol. The number of phenolic OH excluding ortho intramolecular Hbond substituents is 1. The molecule has 0 fully saturated rings. The van der Waals surface area contributed by atoms with E-state index in [1.807, 2.05) is 0 Å². The topological polar surface area (TPSA) is 82.1 Å². The Balaban J connectivity index is 3.09. The first-order chi connectivity index (χ1) is 8.53. The normalized spacial score (nSPS) is 11.5. The van der Waals surface area contributed by atoms with Gasteiger partial charge < -0.3 is 19.3 Å². The van der Waals surface area contributed by atoms with E-state index in [9.17, 15) is 14.7 Å². The van der Waals surface area contributed by atoms with E-state index in [4.69, 9.17) is 9.47 Å². The molecule has 0 bridgehead atoms. The van der Waals surface area contributed by atoms with Gasteiger partial charge in [0.25, 0.3) is 0 Å². The van der Waals surface area contributed by atoms with Gasteiger partial charge in [-0.25, -0.2) is 4.79 Å². The molecule has 18 heavy (non-hydrogen) atoms. The van der Waals surface area contributed by atoms with Gasteiger partial charge in [-0.15, -0.1) is 0 Å². The molecule has 1 aromatic carbocycles. The fourth-order valence-corrected chi connectivity index (χ4v) is 1.33. The van der Waals surface area contributed by atoms with E-state index in [0.29, 0.717) is 12.0 Å². The molecule has 0 spiro atoms. The summed E-state index contributed by atoms with van der Waals surface area (Å²) in [5.41, 5.74) is -0.0495. The van der Waals surface area contributed by atoms with Gasteiger partial charge in [-0.2, -0.15) is 0 Å². The van der Waals surface area contributed by atoms with Gasteiger partial charge in [0, 0.05) is 12.1 Å². The molecule has 0 radical (unpaired) electrons. The zero-order chi connectivity index (χ0) is 13.7. The van der Waals surface area contributed by atoms with Gasteiger partial charge in [-0.3, -0.25) is 4.79 Å². The maximum Gasteiger partial charge on any atom is 0.346 e. The fourth-order valence-electron chi connectivity index (χ4n) is 1.33. The number of aldehydes is 1. The summed E-state index contributed by atoms with van der Waals surface area (Å²) in [6, 6.07) is 2.68. The number of hydrogen-bond acceptors (Lipinski definition) is 6. The lowest BCUT2D eigenvalue weighted by Crippen LogP contribution is -2.25. The minimum absolute atomic E-state index is 0.0495. The SMILES string of the molecule is COC(=O)C(C)Oc1cc(OC)cc(O)c1C=O. The van der Waals surface area contributed by atoms with Crippen LogP contribution < -0.4 is 9.47 Å². The second-order valence-electron chi connectivity index (χ2n) is 3.46. The molecule has 98 valence electrons. The van der Waals surface area contributed by atoms with Crippen molar-refractivity contribution in [1.82, 2.24) is 0 Å². The van der Waals surface area contributed by atoms with Crippen molar-refractivity contribution < 1.29 is 28.9 Å². The largest absolute Gasteiger partial charge is 0.507 e. The number of methoxy groups -OCH3 is 2. The molecule has 6 nitrogen and oxygen atoms in total. The van der Waals surface area contributed by atoms with Crippen molar-refractivity contribution in [2.45, 2.75) is 13.0 Å².